The molecule has 2 aliphatic heterocycles. The number of carbonyl (C=O) groups excluding carboxylic acids is 1. The van der Waals surface area contributed by atoms with Crippen LogP contribution in [0, 0.1) is 6.92 Å². The van der Waals surface area contributed by atoms with Gasteiger partial charge in [0.05, 0.1) is 23.2 Å². The summed E-state index contributed by atoms with van der Waals surface area (Å²) in [5.74, 6) is -0.0291. The summed E-state index contributed by atoms with van der Waals surface area (Å²) in [7, 11) is -3.12. The maximum absolute atomic E-state index is 12.5. The van der Waals surface area contributed by atoms with Crippen LogP contribution in [-0.2, 0) is 14.6 Å². The molecular formula is C18H19F2N3O4S. The standard InChI is InChI=1S/C18H19F2N3O4S/c1-10-16-14(11-3-2-4-13(7-11)27-18(19)20)8-15(24)21-17(16)23(22-10)12-5-6-28(25,26)9-12/h2-4,7,12,14,18H,5-6,8-9H2,1H3,(H,21,24)/t12-,14+/m1/s1. The third-order valence-electron chi connectivity index (χ3n) is 5.17. The smallest absolute Gasteiger partial charge is 0.387 e. The summed E-state index contributed by atoms with van der Waals surface area (Å²) in [6.07, 6.45) is 0.578. The molecule has 0 saturated carbocycles. The van der Waals surface area contributed by atoms with Crippen LogP contribution in [0.2, 0.25) is 0 Å². The number of nitrogens with one attached hydrogen (secondary N) is 1. The number of fused-ring (bicyclic) bond motifs is 1. The molecule has 28 heavy (non-hydrogen) atoms. The molecular weight excluding hydrogens is 392 g/mol. The van der Waals surface area contributed by atoms with E-state index in [1.807, 2.05) is 0 Å². The molecule has 10 heteroatoms. The number of aromatic nitrogens is 2. The lowest BCUT2D eigenvalue weighted by Gasteiger charge is -2.25. The van der Waals surface area contributed by atoms with Crippen LogP contribution in [0.1, 0.15) is 41.6 Å². The highest BCUT2D eigenvalue weighted by molar-refractivity contribution is 7.91. The Labute approximate surface area is 160 Å². The molecule has 0 bridgehead atoms. The van der Waals surface area contributed by atoms with Gasteiger partial charge in [-0.3, -0.25) is 4.79 Å². The number of halogens is 2. The highest BCUT2D eigenvalue weighted by Crippen LogP contribution is 2.42. The monoisotopic (exact) mass is 411 g/mol. The lowest BCUT2D eigenvalue weighted by molar-refractivity contribution is -0.116. The van der Waals surface area contributed by atoms with Crippen molar-refractivity contribution in [2.45, 2.75) is 38.3 Å². The van der Waals surface area contributed by atoms with E-state index < -0.39 is 16.4 Å². The van der Waals surface area contributed by atoms with Crippen LogP contribution in [0.3, 0.4) is 0 Å². The van der Waals surface area contributed by atoms with Crippen molar-refractivity contribution in [1.82, 2.24) is 9.78 Å². The van der Waals surface area contributed by atoms with E-state index in [0.717, 1.165) is 5.56 Å². The highest BCUT2D eigenvalue weighted by atomic mass is 32.2. The van der Waals surface area contributed by atoms with Gasteiger partial charge in [0.1, 0.15) is 11.6 Å². The number of benzene rings is 1. The second kappa shape index (κ2) is 6.84. The van der Waals surface area contributed by atoms with Crippen molar-refractivity contribution in [2.24, 2.45) is 0 Å². The number of hydrogen-bond donors (Lipinski definition) is 1. The summed E-state index contributed by atoms with van der Waals surface area (Å²) in [5.41, 5.74) is 2.11. The number of nitrogens with zero attached hydrogens (tertiary/aromatic N) is 2. The molecule has 2 aromatic rings. The van der Waals surface area contributed by atoms with Gasteiger partial charge in [-0.2, -0.15) is 13.9 Å². The molecule has 2 aliphatic rings. The van der Waals surface area contributed by atoms with Gasteiger partial charge in [-0.25, -0.2) is 13.1 Å². The Bertz CT molecular complexity index is 1040. The minimum Gasteiger partial charge on any atom is -0.435 e. The van der Waals surface area contributed by atoms with Gasteiger partial charge in [0.15, 0.2) is 9.84 Å². The Balaban J connectivity index is 1.75. The number of anilines is 1. The first-order valence-electron chi connectivity index (χ1n) is 8.87. The van der Waals surface area contributed by atoms with Crippen molar-refractivity contribution in [3.05, 3.63) is 41.1 Å². The number of alkyl halides is 2. The molecule has 0 aliphatic carbocycles. The predicted octanol–water partition coefficient (Wildman–Crippen LogP) is 2.63. The topological polar surface area (TPSA) is 90.3 Å². The first kappa shape index (κ1) is 18.9. The number of aryl methyl sites for hydroxylation is 1. The predicted molar refractivity (Wildman–Crippen MR) is 97.4 cm³/mol. The maximum atomic E-state index is 12.5. The number of rotatable bonds is 4. The lowest BCUT2D eigenvalue weighted by atomic mass is 9.85. The minimum absolute atomic E-state index is 0.0151. The number of hydrogen-bond acceptors (Lipinski definition) is 5. The van der Waals surface area contributed by atoms with E-state index in [2.05, 4.69) is 15.2 Å². The molecule has 1 amide bonds. The van der Waals surface area contributed by atoms with Gasteiger partial charge in [-0.05, 0) is 31.0 Å². The van der Waals surface area contributed by atoms with E-state index in [9.17, 15) is 22.0 Å². The Kier molecular flexibility index (Phi) is 4.60. The average Bonchev–Trinajstić information content (AvgIpc) is 3.13. The van der Waals surface area contributed by atoms with Gasteiger partial charge >= 0.3 is 6.61 Å². The first-order valence-corrected chi connectivity index (χ1v) is 10.7. The van der Waals surface area contributed by atoms with E-state index in [4.69, 9.17) is 0 Å². The fourth-order valence-corrected chi connectivity index (χ4v) is 5.69. The second-order valence-corrected chi connectivity index (χ2v) is 9.33. The molecule has 0 spiro atoms. The van der Waals surface area contributed by atoms with Crippen LogP contribution < -0.4 is 10.1 Å². The summed E-state index contributed by atoms with van der Waals surface area (Å²) < 4.78 is 54.9. The van der Waals surface area contributed by atoms with Gasteiger partial charge in [-0.15, -0.1) is 0 Å². The Hall–Kier alpha value is -2.49. The molecule has 150 valence electrons. The second-order valence-electron chi connectivity index (χ2n) is 7.11. The summed E-state index contributed by atoms with van der Waals surface area (Å²) in [5, 5.41) is 7.32. The highest BCUT2D eigenvalue weighted by Gasteiger charge is 2.37. The zero-order valence-electron chi connectivity index (χ0n) is 15.1. The fraction of sp³-hybridized carbons (Fsp3) is 0.444. The van der Waals surface area contributed by atoms with Crippen LogP contribution in [-0.4, -0.2) is 42.2 Å². The van der Waals surface area contributed by atoms with Crippen LogP contribution in [0.4, 0.5) is 14.6 Å². The first-order chi connectivity index (χ1) is 13.2. The largest absolute Gasteiger partial charge is 0.435 e. The quantitative estimate of drug-likeness (QED) is 0.835. The van der Waals surface area contributed by atoms with E-state index in [-0.39, 0.29) is 41.5 Å². The van der Waals surface area contributed by atoms with Crippen molar-refractivity contribution < 1.29 is 26.7 Å². The molecule has 1 aromatic carbocycles. The van der Waals surface area contributed by atoms with Crippen molar-refractivity contribution in [3.8, 4) is 5.75 Å². The third kappa shape index (κ3) is 3.48. The summed E-state index contributed by atoms with van der Waals surface area (Å²) in [6.45, 7) is -1.14. The zero-order chi connectivity index (χ0) is 20.1. The van der Waals surface area contributed by atoms with Gasteiger partial charge in [-0.1, -0.05) is 12.1 Å². The van der Waals surface area contributed by atoms with Gasteiger partial charge in [0.2, 0.25) is 5.91 Å². The molecule has 1 aromatic heterocycles. The van der Waals surface area contributed by atoms with E-state index in [1.54, 1.807) is 23.7 Å². The molecule has 0 unspecified atom stereocenters. The van der Waals surface area contributed by atoms with E-state index in [0.29, 0.717) is 23.5 Å². The molecule has 3 heterocycles. The molecule has 4 rings (SSSR count). The molecule has 2 atom stereocenters. The van der Waals surface area contributed by atoms with Crippen LogP contribution in [0.5, 0.6) is 5.75 Å². The molecule has 1 fully saturated rings. The number of ether oxygens (including phenoxy) is 1. The Morgan fingerprint density at radius 3 is 2.82 bits per heavy atom. The van der Waals surface area contributed by atoms with Crippen molar-refractivity contribution in [1.29, 1.82) is 0 Å². The summed E-state index contributed by atoms with van der Waals surface area (Å²) in [6, 6.07) is 5.94. The molecule has 1 N–H and O–H groups in total. The summed E-state index contributed by atoms with van der Waals surface area (Å²) >= 11 is 0. The normalized spacial score (nSPS) is 23.5. The lowest BCUT2D eigenvalue weighted by Crippen LogP contribution is -2.26. The average molecular weight is 411 g/mol. The van der Waals surface area contributed by atoms with Gasteiger partial charge in [0, 0.05) is 17.9 Å². The number of carbonyl (C=O) groups is 1. The SMILES string of the molecule is Cc1nn([C@@H]2CCS(=O)(=O)C2)c2c1[C@H](c1cccc(OC(F)F)c1)CC(=O)N2. The van der Waals surface area contributed by atoms with Crippen molar-refractivity contribution >= 4 is 21.6 Å². The maximum Gasteiger partial charge on any atom is 0.387 e. The van der Waals surface area contributed by atoms with Gasteiger partial charge < -0.3 is 10.1 Å². The van der Waals surface area contributed by atoms with Crippen LogP contribution >= 0.6 is 0 Å². The van der Waals surface area contributed by atoms with Crippen molar-refractivity contribution in [2.75, 3.05) is 16.8 Å². The molecule has 0 radical (unpaired) electrons. The molecule has 7 nitrogen and oxygen atoms in total. The van der Waals surface area contributed by atoms with E-state index >= 15 is 0 Å². The minimum atomic E-state index is -3.12. The zero-order valence-corrected chi connectivity index (χ0v) is 15.9. The Morgan fingerprint density at radius 2 is 2.14 bits per heavy atom. The van der Waals surface area contributed by atoms with Crippen LogP contribution in [0.15, 0.2) is 24.3 Å². The summed E-state index contributed by atoms with van der Waals surface area (Å²) in [4.78, 5) is 12.4. The van der Waals surface area contributed by atoms with Gasteiger partial charge in [0.25, 0.3) is 0 Å². The number of amides is 1. The fourth-order valence-electron chi connectivity index (χ4n) is 4.00. The third-order valence-corrected chi connectivity index (χ3v) is 6.92. The van der Waals surface area contributed by atoms with E-state index in [1.165, 1.54) is 12.1 Å². The molecule has 1 saturated heterocycles. The number of sulfone groups is 1. The Morgan fingerprint density at radius 1 is 1.36 bits per heavy atom. The van der Waals surface area contributed by atoms with Crippen molar-refractivity contribution in [3.63, 3.8) is 0 Å². The van der Waals surface area contributed by atoms with Crippen LogP contribution in [0.25, 0.3) is 0 Å².